The maximum atomic E-state index is 13.1. The van der Waals surface area contributed by atoms with Crippen molar-refractivity contribution in [1.82, 2.24) is 5.32 Å². The molecule has 4 nitrogen and oxygen atoms in total. The van der Waals surface area contributed by atoms with Crippen LogP contribution in [-0.2, 0) is 9.59 Å². The summed E-state index contributed by atoms with van der Waals surface area (Å²) in [7, 11) is 0. The van der Waals surface area contributed by atoms with Crippen LogP contribution in [0.2, 0.25) is 0 Å². The molecule has 1 amide bonds. The van der Waals surface area contributed by atoms with Gasteiger partial charge in [0.05, 0.1) is 0 Å². The first-order valence-corrected chi connectivity index (χ1v) is 11.4. The molecule has 160 valence electrons. The van der Waals surface area contributed by atoms with Crippen LogP contribution in [0.4, 0.5) is 0 Å². The number of hydrogen-bond acceptors (Lipinski definition) is 2. The van der Waals surface area contributed by atoms with Gasteiger partial charge in [0.25, 0.3) is 0 Å². The Morgan fingerprint density at radius 2 is 1.83 bits per heavy atom. The summed E-state index contributed by atoms with van der Waals surface area (Å²) in [4.78, 5) is 24.6. The minimum absolute atomic E-state index is 0.0922. The minimum atomic E-state index is -0.769. The van der Waals surface area contributed by atoms with E-state index in [9.17, 15) is 14.7 Å². The number of aliphatic carboxylic acids is 1. The van der Waals surface area contributed by atoms with Crippen molar-refractivity contribution < 1.29 is 14.7 Å². The van der Waals surface area contributed by atoms with E-state index in [4.69, 9.17) is 0 Å². The number of hydrogen-bond donors (Lipinski definition) is 2. The maximum Gasteiger partial charge on any atom is 0.331 e. The van der Waals surface area contributed by atoms with Gasteiger partial charge in [0, 0.05) is 17.0 Å². The van der Waals surface area contributed by atoms with Gasteiger partial charge in [-0.25, -0.2) is 4.79 Å². The molecule has 0 bridgehead atoms. The van der Waals surface area contributed by atoms with Crippen molar-refractivity contribution in [3.63, 3.8) is 0 Å². The average molecular weight is 400 g/mol. The molecular weight excluding hydrogens is 362 g/mol. The summed E-state index contributed by atoms with van der Waals surface area (Å²) in [5.74, 6) is 1.42. The van der Waals surface area contributed by atoms with Crippen LogP contribution in [0.15, 0.2) is 23.3 Å². The third kappa shape index (κ3) is 3.27. The molecule has 1 unspecified atom stereocenters. The smallest absolute Gasteiger partial charge is 0.331 e. The molecule has 4 aliphatic rings. The van der Waals surface area contributed by atoms with E-state index in [0.29, 0.717) is 29.7 Å². The third-order valence-electron chi connectivity index (χ3n) is 8.86. The molecule has 0 saturated heterocycles. The normalized spacial score (nSPS) is 41.4. The first kappa shape index (κ1) is 20.7. The standard InChI is InChI=1S/C25H37NO3/c1-23(2,3)26-21(27)20-9-8-18-17-7-6-16-14-15(22(28)29)10-12-24(16,4)19(17)11-13-25(18,20)5/h6,14,17-20H,7-13H2,1-5H3,(H,26,27)(H,28,29)/t17-,18-,19+,20?,24-,25-/m0/s1. The van der Waals surface area contributed by atoms with Gasteiger partial charge in [0.2, 0.25) is 5.91 Å². The first-order valence-electron chi connectivity index (χ1n) is 11.4. The Hall–Kier alpha value is -1.58. The molecule has 0 heterocycles. The molecule has 29 heavy (non-hydrogen) atoms. The highest BCUT2D eigenvalue weighted by Crippen LogP contribution is 2.66. The number of amides is 1. The molecule has 0 radical (unpaired) electrons. The van der Waals surface area contributed by atoms with Gasteiger partial charge in [-0.3, -0.25) is 4.79 Å². The number of allylic oxidation sites excluding steroid dienone is 3. The Balaban J connectivity index is 1.60. The molecule has 0 aromatic rings. The minimum Gasteiger partial charge on any atom is -0.478 e. The van der Waals surface area contributed by atoms with Gasteiger partial charge in [-0.1, -0.05) is 19.9 Å². The van der Waals surface area contributed by atoms with E-state index in [1.165, 1.54) is 5.57 Å². The van der Waals surface area contributed by atoms with E-state index in [2.05, 4.69) is 46.0 Å². The zero-order chi connectivity index (χ0) is 21.2. The van der Waals surface area contributed by atoms with E-state index < -0.39 is 5.97 Å². The summed E-state index contributed by atoms with van der Waals surface area (Å²) in [6, 6.07) is 0. The third-order valence-corrected chi connectivity index (χ3v) is 8.86. The monoisotopic (exact) mass is 399 g/mol. The summed E-state index contributed by atoms with van der Waals surface area (Å²) in [6.45, 7) is 10.9. The van der Waals surface area contributed by atoms with Crippen molar-refractivity contribution in [2.24, 2.45) is 34.5 Å². The summed E-state index contributed by atoms with van der Waals surface area (Å²) in [5.41, 5.74) is 1.82. The Morgan fingerprint density at radius 1 is 1.10 bits per heavy atom. The molecule has 4 rings (SSSR count). The largest absolute Gasteiger partial charge is 0.478 e. The van der Waals surface area contributed by atoms with Crippen molar-refractivity contribution in [2.45, 2.75) is 85.1 Å². The van der Waals surface area contributed by atoms with Gasteiger partial charge in [0.15, 0.2) is 0 Å². The van der Waals surface area contributed by atoms with Crippen LogP contribution in [0.25, 0.3) is 0 Å². The van der Waals surface area contributed by atoms with Crippen LogP contribution in [-0.4, -0.2) is 22.5 Å². The fourth-order valence-electron chi connectivity index (χ4n) is 7.38. The van der Waals surface area contributed by atoms with Crippen molar-refractivity contribution in [3.8, 4) is 0 Å². The maximum absolute atomic E-state index is 13.1. The van der Waals surface area contributed by atoms with E-state index in [-0.39, 0.29) is 28.2 Å². The molecule has 2 fully saturated rings. The lowest BCUT2D eigenvalue weighted by Gasteiger charge is -2.57. The quantitative estimate of drug-likeness (QED) is 0.679. The van der Waals surface area contributed by atoms with Gasteiger partial charge in [-0.2, -0.15) is 0 Å². The molecule has 2 saturated carbocycles. The topological polar surface area (TPSA) is 66.4 Å². The number of carboxylic acid groups (broad SMARTS) is 1. The Kier molecular flexibility index (Phi) is 4.79. The SMILES string of the molecule is CC(C)(C)NC(=O)C1CC[C@H]2[C@@H]3CC=C4C=C(C(=O)O)CC[C@]4(C)[C@@H]3CC[C@]12C. The lowest BCUT2D eigenvalue weighted by atomic mass is 9.48. The number of fused-ring (bicyclic) bond motifs is 5. The van der Waals surface area contributed by atoms with E-state index in [1.54, 1.807) is 0 Å². The summed E-state index contributed by atoms with van der Waals surface area (Å²) < 4.78 is 0. The average Bonchev–Trinajstić information content (AvgIpc) is 2.96. The first-order chi connectivity index (χ1) is 13.5. The van der Waals surface area contributed by atoms with Crippen LogP contribution in [0.3, 0.4) is 0 Å². The highest BCUT2D eigenvalue weighted by atomic mass is 16.4. The van der Waals surface area contributed by atoms with Crippen LogP contribution >= 0.6 is 0 Å². The highest BCUT2D eigenvalue weighted by molar-refractivity contribution is 5.87. The van der Waals surface area contributed by atoms with Gasteiger partial charge in [0.1, 0.15) is 0 Å². The molecule has 0 aliphatic heterocycles. The van der Waals surface area contributed by atoms with Crippen molar-refractivity contribution >= 4 is 11.9 Å². The van der Waals surface area contributed by atoms with Crippen LogP contribution < -0.4 is 5.32 Å². The predicted molar refractivity (Wildman–Crippen MR) is 114 cm³/mol. The van der Waals surface area contributed by atoms with E-state index in [1.807, 2.05) is 6.08 Å². The lowest BCUT2D eigenvalue weighted by Crippen LogP contribution is -2.52. The van der Waals surface area contributed by atoms with Gasteiger partial charge < -0.3 is 10.4 Å². The molecule has 0 aromatic heterocycles. The van der Waals surface area contributed by atoms with Crippen LogP contribution in [0.5, 0.6) is 0 Å². The second kappa shape index (κ2) is 6.72. The number of nitrogens with one attached hydrogen (secondary N) is 1. The van der Waals surface area contributed by atoms with E-state index >= 15 is 0 Å². The number of carboxylic acids is 1. The molecule has 0 spiro atoms. The molecule has 4 heteroatoms. The molecule has 6 atom stereocenters. The fourth-order valence-corrected chi connectivity index (χ4v) is 7.38. The number of rotatable bonds is 2. The molecule has 2 N–H and O–H groups in total. The summed E-state index contributed by atoms with van der Waals surface area (Å²) in [5, 5.41) is 12.7. The van der Waals surface area contributed by atoms with Crippen molar-refractivity contribution in [1.29, 1.82) is 0 Å². The van der Waals surface area contributed by atoms with Crippen LogP contribution in [0, 0.1) is 34.5 Å². The van der Waals surface area contributed by atoms with Gasteiger partial charge in [-0.15, -0.1) is 0 Å². The van der Waals surface area contributed by atoms with Crippen molar-refractivity contribution in [3.05, 3.63) is 23.3 Å². The molecule has 0 aromatic carbocycles. The molecular formula is C25H37NO3. The van der Waals surface area contributed by atoms with Gasteiger partial charge in [-0.05, 0) is 106 Å². The Morgan fingerprint density at radius 3 is 2.48 bits per heavy atom. The summed E-state index contributed by atoms with van der Waals surface area (Å²) in [6.07, 6.45) is 11.4. The summed E-state index contributed by atoms with van der Waals surface area (Å²) >= 11 is 0. The second-order valence-corrected chi connectivity index (χ2v) is 11.6. The van der Waals surface area contributed by atoms with Gasteiger partial charge >= 0.3 is 5.97 Å². The fraction of sp³-hybridized carbons (Fsp3) is 0.760. The Bertz CT molecular complexity index is 788. The predicted octanol–water partition coefficient (Wildman–Crippen LogP) is 5.10. The Labute approximate surface area is 175 Å². The zero-order valence-corrected chi connectivity index (χ0v) is 18.7. The molecule has 4 aliphatic carbocycles. The van der Waals surface area contributed by atoms with Crippen molar-refractivity contribution in [2.75, 3.05) is 0 Å². The lowest BCUT2D eigenvalue weighted by molar-refractivity contribution is -0.133. The zero-order valence-electron chi connectivity index (χ0n) is 18.7. The number of carbonyl (C=O) groups is 2. The van der Waals surface area contributed by atoms with E-state index in [0.717, 1.165) is 38.5 Å². The second-order valence-electron chi connectivity index (χ2n) is 11.6. The van der Waals surface area contributed by atoms with Crippen LogP contribution in [0.1, 0.15) is 79.6 Å². The highest BCUT2D eigenvalue weighted by Gasteiger charge is 2.59. The number of carbonyl (C=O) groups excluding carboxylic acids is 1.